The fraction of sp³-hybridized carbons (Fsp3) is 0.800. The Morgan fingerprint density at radius 3 is 3.00 bits per heavy atom. The minimum absolute atomic E-state index is 0.00982. The van der Waals surface area contributed by atoms with Gasteiger partial charge in [-0.15, -0.1) is 0 Å². The van der Waals surface area contributed by atoms with Crippen molar-refractivity contribution in [1.29, 1.82) is 0 Å². The zero-order chi connectivity index (χ0) is 11.5. The van der Waals surface area contributed by atoms with E-state index in [1.54, 1.807) is 0 Å². The molecule has 0 saturated carbocycles. The van der Waals surface area contributed by atoms with Crippen LogP contribution >= 0.6 is 0 Å². The van der Waals surface area contributed by atoms with Crippen LogP contribution in [0.25, 0.3) is 0 Å². The number of hydrogen-bond acceptors (Lipinski definition) is 6. The van der Waals surface area contributed by atoms with E-state index in [1.165, 1.54) is 0 Å². The minimum Gasteiger partial charge on any atom is -0.392 e. The lowest BCUT2D eigenvalue weighted by molar-refractivity contribution is 0.191. The van der Waals surface area contributed by atoms with Crippen molar-refractivity contribution in [3.8, 4) is 0 Å². The van der Waals surface area contributed by atoms with Gasteiger partial charge in [0, 0.05) is 19.5 Å². The van der Waals surface area contributed by atoms with Crippen LogP contribution < -0.4 is 5.32 Å². The summed E-state index contributed by atoms with van der Waals surface area (Å²) in [5.74, 6) is 1.32. The van der Waals surface area contributed by atoms with E-state index in [0.717, 1.165) is 18.8 Å². The Kier molecular flexibility index (Phi) is 3.52. The average Bonchev–Trinajstić information content (AvgIpc) is 2.83. The Labute approximate surface area is 94.6 Å². The largest absolute Gasteiger partial charge is 0.392 e. The molecule has 0 bridgehead atoms. The number of nitrogens with zero attached hydrogens (tertiary/aromatic N) is 3. The fourth-order valence-electron chi connectivity index (χ4n) is 1.74. The Morgan fingerprint density at radius 2 is 2.38 bits per heavy atom. The van der Waals surface area contributed by atoms with Gasteiger partial charge >= 0.3 is 0 Å². The highest BCUT2D eigenvalue weighted by molar-refractivity contribution is 4.97. The third kappa shape index (κ3) is 2.78. The molecule has 1 aliphatic heterocycles. The van der Waals surface area contributed by atoms with Crippen LogP contribution in [0.15, 0.2) is 4.52 Å². The van der Waals surface area contributed by atoms with Crippen molar-refractivity contribution in [2.45, 2.75) is 25.0 Å². The van der Waals surface area contributed by atoms with Crippen molar-refractivity contribution in [3.05, 3.63) is 11.7 Å². The van der Waals surface area contributed by atoms with Gasteiger partial charge in [-0.1, -0.05) is 5.16 Å². The van der Waals surface area contributed by atoms with Crippen LogP contribution in [0.5, 0.6) is 0 Å². The van der Waals surface area contributed by atoms with Crippen LogP contribution in [-0.4, -0.2) is 53.4 Å². The van der Waals surface area contributed by atoms with E-state index in [9.17, 15) is 5.11 Å². The van der Waals surface area contributed by atoms with Gasteiger partial charge in [0.1, 0.15) is 0 Å². The molecule has 2 rings (SSSR count). The zero-order valence-electron chi connectivity index (χ0n) is 9.68. The molecule has 1 saturated heterocycles. The summed E-state index contributed by atoms with van der Waals surface area (Å²) in [6.07, 6.45) is 1.13. The maximum atomic E-state index is 9.38. The molecule has 1 aromatic heterocycles. The third-order valence-electron chi connectivity index (χ3n) is 2.67. The summed E-state index contributed by atoms with van der Waals surface area (Å²) in [7, 11) is 4.02. The first kappa shape index (κ1) is 11.5. The average molecular weight is 226 g/mol. The molecule has 6 nitrogen and oxygen atoms in total. The summed E-state index contributed by atoms with van der Waals surface area (Å²) in [6, 6.07) is 0.00982. The molecule has 1 fully saturated rings. The van der Waals surface area contributed by atoms with E-state index >= 15 is 0 Å². The molecule has 6 heteroatoms. The van der Waals surface area contributed by atoms with Gasteiger partial charge in [-0.3, -0.25) is 0 Å². The highest BCUT2D eigenvalue weighted by Gasteiger charge is 2.27. The topological polar surface area (TPSA) is 74.4 Å². The molecule has 0 spiro atoms. The van der Waals surface area contributed by atoms with Crippen LogP contribution in [0.3, 0.4) is 0 Å². The molecule has 2 heterocycles. The van der Waals surface area contributed by atoms with Crippen LogP contribution in [0.4, 0.5) is 0 Å². The molecule has 0 aliphatic carbocycles. The molecular weight excluding hydrogens is 208 g/mol. The Balaban J connectivity index is 1.91. The Hall–Kier alpha value is -0.980. The first-order valence-electron chi connectivity index (χ1n) is 5.54. The van der Waals surface area contributed by atoms with Crippen molar-refractivity contribution in [2.24, 2.45) is 0 Å². The van der Waals surface area contributed by atoms with Gasteiger partial charge < -0.3 is 19.8 Å². The Morgan fingerprint density at radius 1 is 1.56 bits per heavy atom. The summed E-state index contributed by atoms with van der Waals surface area (Å²) in [4.78, 5) is 6.40. The standard InChI is InChI=1S/C10H18N4O2/c1-14(2)4-3-9-12-10(16-13-9)8-5-7(15)6-11-8/h7-8,11,15H,3-6H2,1-2H3/t7?,8-/m0/s1. The van der Waals surface area contributed by atoms with Gasteiger partial charge in [0.05, 0.1) is 12.1 Å². The maximum Gasteiger partial charge on any atom is 0.243 e. The lowest BCUT2D eigenvalue weighted by Crippen LogP contribution is -2.16. The highest BCUT2D eigenvalue weighted by atomic mass is 16.5. The lowest BCUT2D eigenvalue weighted by atomic mass is 10.2. The molecule has 0 radical (unpaired) electrons. The van der Waals surface area contributed by atoms with Crippen LogP contribution in [0, 0.1) is 0 Å². The Bertz CT molecular complexity index is 339. The number of hydrogen-bond donors (Lipinski definition) is 2. The van der Waals surface area contributed by atoms with Gasteiger partial charge in [0.25, 0.3) is 0 Å². The smallest absolute Gasteiger partial charge is 0.243 e. The first-order valence-corrected chi connectivity index (χ1v) is 5.54. The second kappa shape index (κ2) is 4.90. The number of rotatable bonds is 4. The summed E-state index contributed by atoms with van der Waals surface area (Å²) in [6.45, 7) is 1.50. The quantitative estimate of drug-likeness (QED) is 0.725. The van der Waals surface area contributed by atoms with Gasteiger partial charge in [-0.05, 0) is 20.5 Å². The van der Waals surface area contributed by atoms with E-state index in [4.69, 9.17) is 4.52 Å². The van der Waals surface area contributed by atoms with E-state index in [-0.39, 0.29) is 12.1 Å². The SMILES string of the molecule is CN(C)CCc1noc([C@@H]2CC(O)CN2)n1. The molecular formula is C10H18N4O2. The molecule has 1 aromatic rings. The predicted molar refractivity (Wildman–Crippen MR) is 57.9 cm³/mol. The molecule has 2 N–H and O–H groups in total. The van der Waals surface area contributed by atoms with E-state index in [1.807, 2.05) is 14.1 Å². The number of nitrogens with one attached hydrogen (secondary N) is 1. The number of aliphatic hydroxyl groups is 1. The number of β-amino-alcohol motifs (C(OH)–C–C–N with tert-alkyl or cyclic N) is 1. The fourth-order valence-corrected chi connectivity index (χ4v) is 1.74. The molecule has 0 aromatic carbocycles. The maximum absolute atomic E-state index is 9.38. The number of aromatic nitrogens is 2. The minimum atomic E-state index is -0.304. The van der Waals surface area contributed by atoms with Crippen molar-refractivity contribution in [3.63, 3.8) is 0 Å². The molecule has 16 heavy (non-hydrogen) atoms. The van der Waals surface area contributed by atoms with Crippen molar-refractivity contribution in [2.75, 3.05) is 27.2 Å². The zero-order valence-corrected chi connectivity index (χ0v) is 9.68. The molecule has 1 unspecified atom stereocenters. The summed E-state index contributed by atoms with van der Waals surface area (Å²) in [5.41, 5.74) is 0. The summed E-state index contributed by atoms with van der Waals surface area (Å²) < 4.78 is 5.18. The second-order valence-electron chi connectivity index (χ2n) is 4.45. The van der Waals surface area contributed by atoms with Gasteiger partial charge in [0.2, 0.25) is 5.89 Å². The van der Waals surface area contributed by atoms with E-state index < -0.39 is 0 Å². The predicted octanol–water partition coefficient (Wildman–Crippen LogP) is -0.431. The van der Waals surface area contributed by atoms with Crippen LogP contribution in [-0.2, 0) is 6.42 Å². The number of likely N-dealkylation sites (N-methyl/N-ethyl adjacent to an activating group) is 1. The van der Waals surface area contributed by atoms with Crippen molar-refractivity contribution >= 4 is 0 Å². The van der Waals surface area contributed by atoms with Crippen molar-refractivity contribution in [1.82, 2.24) is 20.4 Å². The lowest BCUT2D eigenvalue weighted by Gasteiger charge is -2.05. The van der Waals surface area contributed by atoms with E-state index in [0.29, 0.717) is 18.9 Å². The van der Waals surface area contributed by atoms with Crippen molar-refractivity contribution < 1.29 is 9.63 Å². The van der Waals surface area contributed by atoms with Crippen LogP contribution in [0.2, 0.25) is 0 Å². The normalized spacial score (nSPS) is 25.5. The van der Waals surface area contributed by atoms with Gasteiger partial charge in [-0.2, -0.15) is 4.98 Å². The van der Waals surface area contributed by atoms with E-state index in [2.05, 4.69) is 20.4 Å². The molecule has 90 valence electrons. The number of aliphatic hydroxyl groups excluding tert-OH is 1. The summed E-state index contributed by atoms with van der Waals surface area (Å²) in [5, 5.41) is 16.5. The third-order valence-corrected chi connectivity index (χ3v) is 2.67. The molecule has 0 amide bonds. The molecule has 2 atom stereocenters. The second-order valence-corrected chi connectivity index (χ2v) is 4.45. The first-order chi connectivity index (χ1) is 7.65. The van der Waals surface area contributed by atoms with Gasteiger partial charge in [0.15, 0.2) is 5.82 Å². The highest BCUT2D eigenvalue weighted by Crippen LogP contribution is 2.21. The summed E-state index contributed by atoms with van der Waals surface area (Å²) >= 11 is 0. The van der Waals surface area contributed by atoms with Gasteiger partial charge in [-0.25, -0.2) is 0 Å². The van der Waals surface area contributed by atoms with Crippen LogP contribution in [0.1, 0.15) is 24.2 Å². The molecule has 1 aliphatic rings. The monoisotopic (exact) mass is 226 g/mol.